The molecule has 58 valence electrons. The molecule has 4 heteroatoms. The number of benzene rings is 1. The number of nitrogens with zero attached hydrogens (tertiary/aromatic N) is 2. The lowest BCUT2D eigenvalue weighted by Gasteiger charge is -1.86. The van der Waals surface area contributed by atoms with Gasteiger partial charge in [-0.25, -0.2) is 0 Å². The van der Waals surface area contributed by atoms with Crippen LogP contribution in [0, 0.1) is 0 Å². The Morgan fingerprint density at radius 1 is 1.17 bits per heavy atom. The third-order valence-corrected chi connectivity index (χ3v) is 2.77. The van der Waals surface area contributed by atoms with Crippen LogP contribution in [0.1, 0.15) is 0 Å². The van der Waals surface area contributed by atoms with E-state index in [2.05, 4.69) is 32.9 Å². The molecule has 0 bridgehead atoms. The molecule has 0 saturated heterocycles. The molecule has 0 amide bonds. The zero-order valence-electron chi connectivity index (χ0n) is 6.11. The number of nitrogens with one attached hydrogen (secondary N) is 1. The van der Waals surface area contributed by atoms with Gasteiger partial charge in [-0.05, 0) is 29.0 Å². The summed E-state index contributed by atoms with van der Waals surface area (Å²) < 4.78 is 1.26. The first-order valence-corrected chi connectivity index (χ1v) is 4.49. The average Bonchev–Trinajstić information content (AvgIpc) is 2.64. The fourth-order valence-electron chi connectivity index (χ4n) is 1.30. The smallest absolute Gasteiger partial charge is 0.114 e. The summed E-state index contributed by atoms with van der Waals surface area (Å²) in [5.74, 6) is 0. The lowest BCUT2D eigenvalue weighted by Crippen LogP contribution is -1.67. The fraction of sp³-hybridized carbons (Fsp3) is 0. The molecule has 0 aliphatic heterocycles. The first kappa shape index (κ1) is 6.14. The van der Waals surface area contributed by atoms with E-state index in [1.807, 2.05) is 6.07 Å². The molecule has 3 aromatic rings. The Morgan fingerprint density at radius 3 is 2.92 bits per heavy atom. The first-order valence-electron chi connectivity index (χ1n) is 3.61. The number of H-pyrrole nitrogens is 1. The maximum Gasteiger partial charge on any atom is 0.114 e. The van der Waals surface area contributed by atoms with Gasteiger partial charge < -0.3 is 0 Å². The molecule has 0 fully saturated rings. The summed E-state index contributed by atoms with van der Waals surface area (Å²) in [6.07, 6.45) is 0. The molecule has 2 aromatic heterocycles. The van der Waals surface area contributed by atoms with Crippen LogP contribution in [0.5, 0.6) is 0 Å². The maximum atomic E-state index is 4.02. The summed E-state index contributed by atoms with van der Waals surface area (Å²) in [7, 11) is 0. The van der Waals surface area contributed by atoms with E-state index in [1.165, 1.54) is 10.1 Å². The van der Waals surface area contributed by atoms with Crippen molar-refractivity contribution in [3.8, 4) is 0 Å². The van der Waals surface area contributed by atoms with Crippen LogP contribution >= 0.6 is 11.3 Å². The van der Waals surface area contributed by atoms with Gasteiger partial charge in [0.05, 0.1) is 0 Å². The monoisotopic (exact) mass is 175 g/mol. The molecular weight excluding hydrogens is 170 g/mol. The number of aromatic amines is 1. The summed E-state index contributed by atoms with van der Waals surface area (Å²) >= 11 is 1.72. The molecule has 12 heavy (non-hydrogen) atoms. The van der Waals surface area contributed by atoms with Gasteiger partial charge in [0.2, 0.25) is 0 Å². The van der Waals surface area contributed by atoms with E-state index in [4.69, 9.17) is 0 Å². The first-order chi connectivity index (χ1) is 5.93. The van der Waals surface area contributed by atoms with Crippen LogP contribution < -0.4 is 0 Å². The summed E-state index contributed by atoms with van der Waals surface area (Å²) in [6.45, 7) is 0. The molecule has 3 nitrogen and oxygen atoms in total. The quantitative estimate of drug-likeness (QED) is 0.569. The zero-order chi connectivity index (χ0) is 7.97. The fourth-order valence-corrected chi connectivity index (χ4v) is 2.10. The predicted molar refractivity (Wildman–Crippen MR) is 49.3 cm³/mol. The summed E-state index contributed by atoms with van der Waals surface area (Å²) in [5.41, 5.74) is 1.87. The van der Waals surface area contributed by atoms with Gasteiger partial charge in [-0.15, -0.1) is 11.3 Å². The topological polar surface area (TPSA) is 41.6 Å². The van der Waals surface area contributed by atoms with Gasteiger partial charge in [-0.3, -0.25) is 0 Å². The molecule has 0 aliphatic carbocycles. The molecule has 1 aromatic carbocycles. The second-order valence-corrected chi connectivity index (χ2v) is 3.57. The van der Waals surface area contributed by atoms with Crippen LogP contribution in [-0.2, 0) is 0 Å². The molecule has 3 rings (SSSR count). The molecule has 0 radical (unpaired) electrons. The Labute approximate surface area is 72.0 Å². The molecule has 1 N–H and O–H groups in total. The van der Waals surface area contributed by atoms with Crippen molar-refractivity contribution in [1.29, 1.82) is 0 Å². The van der Waals surface area contributed by atoms with Crippen molar-refractivity contribution in [2.45, 2.75) is 0 Å². The normalized spacial score (nSPS) is 11.3. The Hall–Kier alpha value is -1.42. The number of aromatic nitrogens is 3. The van der Waals surface area contributed by atoms with Gasteiger partial charge in [0.25, 0.3) is 0 Å². The third-order valence-electron chi connectivity index (χ3n) is 1.89. The van der Waals surface area contributed by atoms with E-state index in [0.717, 1.165) is 11.0 Å². The van der Waals surface area contributed by atoms with Crippen molar-refractivity contribution in [2.24, 2.45) is 0 Å². The lowest BCUT2D eigenvalue weighted by atomic mass is 10.2. The molecule has 2 heterocycles. The van der Waals surface area contributed by atoms with Crippen molar-refractivity contribution in [1.82, 2.24) is 15.4 Å². The summed E-state index contributed by atoms with van der Waals surface area (Å²) in [4.78, 5) is 0. The summed E-state index contributed by atoms with van der Waals surface area (Å²) in [5, 5.41) is 14.0. The molecule has 0 atom stereocenters. The van der Waals surface area contributed by atoms with Gasteiger partial charge in [-0.1, -0.05) is 0 Å². The van der Waals surface area contributed by atoms with Crippen LogP contribution in [-0.4, -0.2) is 15.4 Å². The van der Waals surface area contributed by atoms with E-state index >= 15 is 0 Å². The van der Waals surface area contributed by atoms with Crippen molar-refractivity contribution < 1.29 is 0 Å². The van der Waals surface area contributed by atoms with Gasteiger partial charge in [0.15, 0.2) is 0 Å². The molecule has 0 spiro atoms. The van der Waals surface area contributed by atoms with Crippen LogP contribution in [0.2, 0.25) is 0 Å². The van der Waals surface area contributed by atoms with Crippen LogP contribution in [0.4, 0.5) is 0 Å². The Kier molecular flexibility index (Phi) is 1.04. The third kappa shape index (κ3) is 0.698. The minimum atomic E-state index is 0.931. The standard InChI is InChI=1S/C8H5N3S/c1-2-12-8-4-7-6(3-5(1)8)9-11-10-7/h1-4H,(H,9,10,11). The minimum absolute atomic E-state index is 0.931. The molecular formula is C8H5N3S. The Balaban J connectivity index is 2.62. The van der Waals surface area contributed by atoms with E-state index in [9.17, 15) is 0 Å². The van der Waals surface area contributed by atoms with E-state index in [1.54, 1.807) is 11.3 Å². The van der Waals surface area contributed by atoms with Crippen LogP contribution in [0.15, 0.2) is 23.6 Å². The second kappa shape index (κ2) is 2.04. The number of rotatable bonds is 0. The van der Waals surface area contributed by atoms with Crippen LogP contribution in [0.3, 0.4) is 0 Å². The highest BCUT2D eigenvalue weighted by Crippen LogP contribution is 2.24. The molecule has 0 aliphatic rings. The predicted octanol–water partition coefficient (Wildman–Crippen LogP) is 2.17. The Morgan fingerprint density at radius 2 is 2.00 bits per heavy atom. The SMILES string of the molecule is c1cc2cc3n[nH]nc3cc2s1. The zero-order valence-corrected chi connectivity index (χ0v) is 6.93. The van der Waals surface area contributed by atoms with Crippen LogP contribution in [0.25, 0.3) is 21.1 Å². The van der Waals surface area contributed by atoms with Crippen molar-refractivity contribution >= 4 is 32.5 Å². The van der Waals surface area contributed by atoms with Gasteiger partial charge in [-0.2, -0.15) is 15.4 Å². The van der Waals surface area contributed by atoms with Gasteiger partial charge in [0, 0.05) is 4.70 Å². The molecule has 0 saturated carbocycles. The number of thiophene rings is 1. The minimum Gasteiger partial charge on any atom is -0.197 e. The number of hydrogen-bond acceptors (Lipinski definition) is 3. The van der Waals surface area contributed by atoms with Gasteiger partial charge in [0.1, 0.15) is 11.0 Å². The van der Waals surface area contributed by atoms with E-state index in [0.29, 0.717) is 0 Å². The Bertz CT molecular complexity index is 446. The van der Waals surface area contributed by atoms with E-state index < -0.39 is 0 Å². The lowest BCUT2D eigenvalue weighted by molar-refractivity contribution is 0.959. The number of fused-ring (bicyclic) bond motifs is 2. The number of hydrogen-bond donors (Lipinski definition) is 1. The van der Waals surface area contributed by atoms with Crippen molar-refractivity contribution in [3.05, 3.63) is 23.6 Å². The second-order valence-electron chi connectivity index (χ2n) is 2.62. The summed E-state index contributed by atoms with van der Waals surface area (Å²) in [6, 6.07) is 6.19. The highest BCUT2D eigenvalue weighted by Gasteiger charge is 2.00. The van der Waals surface area contributed by atoms with Crippen molar-refractivity contribution in [3.63, 3.8) is 0 Å². The highest BCUT2D eigenvalue weighted by atomic mass is 32.1. The van der Waals surface area contributed by atoms with E-state index in [-0.39, 0.29) is 0 Å². The largest absolute Gasteiger partial charge is 0.197 e. The van der Waals surface area contributed by atoms with Crippen molar-refractivity contribution in [2.75, 3.05) is 0 Å². The molecule has 0 unspecified atom stereocenters. The highest BCUT2D eigenvalue weighted by molar-refractivity contribution is 7.17. The average molecular weight is 175 g/mol. The maximum absolute atomic E-state index is 4.02. The van der Waals surface area contributed by atoms with Gasteiger partial charge >= 0.3 is 0 Å².